The molecule has 0 radical (unpaired) electrons. The summed E-state index contributed by atoms with van der Waals surface area (Å²) in [6.07, 6.45) is 0. The second-order valence-electron chi connectivity index (χ2n) is 10.4. The molecule has 202 valence electrons. The molecular weight excluding hydrogens is 494 g/mol. The zero-order valence-corrected chi connectivity index (χ0v) is 23.2. The van der Waals surface area contributed by atoms with Gasteiger partial charge in [-0.3, -0.25) is 9.59 Å². The molecule has 0 spiro atoms. The summed E-state index contributed by atoms with van der Waals surface area (Å²) in [6, 6.07) is 16.2. The highest BCUT2D eigenvalue weighted by Crippen LogP contribution is 2.42. The van der Waals surface area contributed by atoms with E-state index in [9.17, 15) is 9.59 Å². The van der Waals surface area contributed by atoms with Crippen molar-refractivity contribution in [2.75, 3.05) is 20.8 Å². The van der Waals surface area contributed by atoms with Gasteiger partial charge in [-0.25, -0.2) is 0 Å². The van der Waals surface area contributed by atoms with Crippen molar-refractivity contribution in [3.05, 3.63) is 98.4 Å². The Morgan fingerprint density at radius 1 is 0.923 bits per heavy atom. The van der Waals surface area contributed by atoms with E-state index in [0.29, 0.717) is 40.6 Å². The molecule has 0 bridgehead atoms. The molecule has 0 aliphatic carbocycles. The summed E-state index contributed by atoms with van der Waals surface area (Å²) in [5.41, 5.74) is 3.98. The van der Waals surface area contributed by atoms with Gasteiger partial charge in [0.25, 0.3) is 5.91 Å². The molecule has 1 atom stereocenters. The molecule has 0 fully saturated rings. The molecule has 0 saturated carbocycles. The number of hydrogen-bond acceptors (Lipinski definition) is 6. The monoisotopic (exact) mass is 527 g/mol. The van der Waals surface area contributed by atoms with Crippen LogP contribution < -0.4 is 19.6 Å². The molecule has 1 unspecified atom stereocenters. The van der Waals surface area contributed by atoms with Crippen molar-refractivity contribution in [1.82, 2.24) is 4.90 Å². The Bertz CT molecular complexity index is 1600. The highest BCUT2D eigenvalue weighted by molar-refractivity contribution is 5.99. The largest absolute Gasteiger partial charge is 0.497 e. The number of nitrogens with zero attached hydrogens (tertiary/aromatic N) is 1. The number of ether oxygens (including phenoxy) is 3. The number of rotatable bonds is 8. The second-order valence-corrected chi connectivity index (χ2v) is 10.4. The summed E-state index contributed by atoms with van der Waals surface area (Å²) in [7, 11) is 3.19. The molecular formula is C32H33NO6. The van der Waals surface area contributed by atoms with Gasteiger partial charge in [0.15, 0.2) is 16.9 Å². The number of benzene rings is 3. The maximum atomic E-state index is 14.0. The minimum absolute atomic E-state index is 0.0806. The molecule has 0 saturated heterocycles. The van der Waals surface area contributed by atoms with E-state index >= 15 is 0 Å². The van der Waals surface area contributed by atoms with E-state index in [4.69, 9.17) is 18.6 Å². The first-order valence-corrected chi connectivity index (χ1v) is 13.0. The van der Waals surface area contributed by atoms with E-state index in [-0.39, 0.29) is 23.6 Å². The first kappa shape index (κ1) is 26.4. The van der Waals surface area contributed by atoms with Crippen molar-refractivity contribution in [1.29, 1.82) is 0 Å². The highest BCUT2D eigenvalue weighted by Gasteiger charge is 2.43. The third-order valence-corrected chi connectivity index (χ3v) is 6.98. The number of amides is 1. The van der Waals surface area contributed by atoms with Gasteiger partial charge in [0.2, 0.25) is 5.76 Å². The summed E-state index contributed by atoms with van der Waals surface area (Å²) in [5.74, 6) is 1.97. The average molecular weight is 528 g/mol. The van der Waals surface area contributed by atoms with E-state index in [1.165, 1.54) is 0 Å². The molecule has 0 N–H and O–H groups in total. The summed E-state index contributed by atoms with van der Waals surface area (Å²) < 4.78 is 23.1. The molecule has 39 heavy (non-hydrogen) atoms. The minimum Gasteiger partial charge on any atom is -0.497 e. The molecule has 7 heteroatoms. The van der Waals surface area contributed by atoms with Crippen molar-refractivity contribution in [3.8, 4) is 17.2 Å². The maximum Gasteiger partial charge on any atom is 0.291 e. The summed E-state index contributed by atoms with van der Waals surface area (Å²) >= 11 is 0. The van der Waals surface area contributed by atoms with Crippen molar-refractivity contribution in [3.63, 3.8) is 0 Å². The fraction of sp³-hybridized carbons (Fsp3) is 0.312. The van der Waals surface area contributed by atoms with Crippen LogP contribution in [0, 0.1) is 19.8 Å². The number of aryl methyl sites for hydroxylation is 2. The Morgan fingerprint density at radius 3 is 2.33 bits per heavy atom. The van der Waals surface area contributed by atoms with Gasteiger partial charge in [0, 0.05) is 6.54 Å². The van der Waals surface area contributed by atoms with E-state index in [0.717, 1.165) is 28.0 Å². The minimum atomic E-state index is -0.663. The quantitative estimate of drug-likeness (QED) is 0.271. The third kappa shape index (κ3) is 4.85. The Balaban J connectivity index is 1.68. The molecule has 4 aromatic rings. The number of methoxy groups -OCH3 is 2. The molecule has 2 heterocycles. The van der Waals surface area contributed by atoms with Gasteiger partial charge in [-0.2, -0.15) is 0 Å². The Morgan fingerprint density at radius 2 is 1.67 bits per heavy atom. The van der Waals surface area contributed by atoms with Crippen LogP contribution in [0.25, 0.3) is 11.0 Å². The van der Waals surface area contributed by atoms with Crippen LogP contribution in [0.3, 0.4) is 0 Å². The fourth-order valence-electron chi connectivity index (χ4n) is 5.14. The van der Waals surface area contributed by atoms with E-state index in [2.05, 4.69) is 13.8 Å². The zero-order valence-electron chi connectivity index (χ0n) is 23.2. The van der Waals surface area contributed by atoms with Crippen LogP contribution in [0.1, 0.15) is 58.3 Å². The molecule has 1 aromatic heterocycles. The lowest BCUT2D eigenvalue weighted by atomic mass is 9.96. The number of carbonyl (C=O) groups is 1. The molecule has 7 nitrogen and oxygen atoms in total. The molecule has 1 amide bonds. The molecule has 1 aliphatic rings. The Labute approximate surface area is 227 Å². The third-order valence-electron chi connectivity index (χ3n) is 6.98. The summed E-state index contributed by atoms with van der Waals surface area (Å²) in [5, 5.41) is 0.471. The highest BCUT2D eigenvalue weighted by atomic mass is 16.5. The van der Waals surface area contributed by atoms with Crippen LogP contribution in [-0.2, 0) is 6.54 Å². The lowest BCUT2D eigenvalue weighted by Crippen LogP contribution is -2.29. The molecule has 1 aliphatic heterocycles. The van der Waals surface area contributed by atoms with Gasteiger partial charge in [-0.1, -0.05) is 38.1 Å². The SMILES string of the molecule is COc1ccc(CN2C(=O)c3oc4c(C)cc(C)cc4c(=O)c3C2c2ccc(OCC(C)C)c(OC)c2)cc1. The fourth-order valence-corrected chi connectivity index (χ4v) is 5.14. The number of fused-ring (bicyclic) bond motifs is 2. The lowest BCUT2D eigenvalue weighted by molar-refractivity contribution is 0.0714. The van der Waals surface area contributed by atoms with Crippen LogP contribution in [0.2, 0.25) is 0 Å². The first-order chi connectivity index (χ1) is 18.7. The first-order valence-electron chi connectivity index (χ1n) is 13.0. The second kappa shape index (κ2) is 10.5. The summed E-state index contributed by atoms with van der Waals surface area (Å²) in [4.78, 5) is 29.6. The maximum absolute atomic E-state index is 14.0. The Hall–Kier alpha value is -4.26. The van der Waals surface area contributed by atoms with Crippen molar-refractivity contribution >= 4 is 16.9 Å². The average Bonchev–Trinajstić information content (AvgIpc) is 3.19. The standard InChI is InChI=1S/C32H33NO6/c1-18(2)17-38-25-12-9-22(15-26(25)37-6)28-27-29(34)24-14-19(3)13-20(4)30(24)39-31(27)32(35)33(28)16-21-7-10-23(36-5)11-8-21/h7-15,18,28H,16-17H2,1-6H3. The van der Waals surface area contributed by atoms with Crippen molar-refractivity contribution < 1.29 is 23.4 Å². The van der Waals surface area contributed by atoms with E-state index in [1.807, 2.05) is 68.4 Å². The Kier molecular flexibility index (Phi) is 7.08. The number of hydrogen-bond donors (Lipinski definition) is 0. The van der Waals surface area contributed by atoms with E-state index < -0.39 is 6.04 Å². The van der Waals surface area contributed by atoms with Gasteiger partial charge < -0.3 is 23.5 Å². The predicted molar refractivity (Wildman–Crippen MR) is 150 cm³/mol. The van der Waals surface area contributed by atoms with Crippen LogP contribution in [0.15, 0.2) is 63.8 Å². The molecule has 5 rings (SSSR count). The van der Waals surface area contributed by atoms with Gasteiger partial charge in [0.05, 0.1) is 37.8 Å². The van der Waals surface area contributed by atoms with E-state index in [1.54, 1.807) is 19.1 Å². The predicted octanol–water partition coefficient (Wildman–Crippen LogP) is 6.21. The van der Waals surface area contributed by atoms with Crippen molar-refractivity contribution in [2.45, 2.75) is 40.3 Å². The topological polar surface area (TPSA) is 78.2 Å². The van der Waals surface area contributed by atoms with Crippen LogP contribution in [-0.4, -0.2) is 31.6 Å². The van der Waals surface area contributed by atoms with Gasteiger partial charge in [-0.15, -0.1) is 0 Å². The smallest absolute Gasteiger partial charge is 0.291 e. The van der Waals surface area contributed by atoms with Crippen LogP contribution >= 0.6 is 0 Å². The van der Waals surface area contributed by atoms with Gasteiger partial charge in [0.1, 0.15) is 11.3 Å². The van der Waals surface area contributed by atoms with Crippen molar-refractivity contribution in [2.24, 2.45) is 5.92 Å². The summed E-state index contributed by atoms with van der Waals surface area (Å²) in [6.45, 7) is 8.80. The van der Waals surface area contributed by atoms with Gasteiger partial charge in [-0.05, 0) is 72.4 Å². The zero-order chi connectivity index (χ0) is 27.8. The molecule has 3 aromatic carbocycles. The van der Waals surface area contributed by atoms with Crippen LogP contribution in [0.5, 0.6) is 17.2 Å². The van der Waals surface area contributed by atoms with Crippen LogP contribution in [0.4, 0.5) is 0 Å². The number of carbonyl (C=O) groups excluding carboxylic acids is 1. The van der Waals surface area contributed by atoms with Gasteiger partial charge >= 0.3 is 0 Å². The lowest BCUT2D eigenvalue weighted by Gasteiger charge is -2.26. The normalized spacial score (nSPS) is 14.7.